The minimum absolute atomic E-state index is 0.122. The molecule has 116 valence electrons. The van der Waals surface area contributed by atoms with Gasteiger partial charge in [0.05, 0.1) is 17.9 Å². The second-order valence-electron chi connectivity index (χ2n) is 4.47. The predicted octanol–water partition coefficient (Wildman–Crippen LogP) is 0.314. The van der Waals surface area contributed by atoms with Gasteiger partial charge in [-0.1, -0.05) is 0 Å². The molecule has 3 N–H and O–H groups in total. The average Bonchev–Trinajstić information content (AvgIpc) is 2.47. The Morgan fingerprint density at radius 2 is 2.05 bits per heavy atom. The zero-order chi connectivity index (χ0) is 15.7. The van der Waals surface area contributed by atoms with E-state index in [1.54, 1.807) is 20.2 Å². The maximum atomic E-state index is 12.0. The lowest BCUT2D eigenvalue weighted by Gasteiger charge is -2.10. The molecule has 0 aliphatic carbocycles. The summed E-state index contributed by atoms with van der Waals surface area (Å²) in [5.41, 5.74) is 2.00. The Morgan fingerprint density at radius 1 is 1.29 bits per heavy atom. The first kappa shape index (κ1) is 16.9. The second kappa shape index (κ2) is 8.91. The zero-order valence-electron chi connectivity index (χ0n) is 12.7. The van der Waals surface area contributed by atoms with E-state index < -0.39 is 0 Å². The van der Waals surface area contributed by atoms with Gasteiger partial charge in [0.2, 0.25) is 5.91 Å². The van der Waals surface area contributed by atoms with E-state index in [4.69, 9.17) is 4.74 Å². The maximum Gasteiger partial charge on any atom is 0.254 e. The molecule has 0 atom stereocenters. The lowest BCUT2D eigenvalue weighted by atomic mass is 10.2. The molecule has 2 amide bonds. The van der Waals surface area contributed by atoms with Crippen molar-refractivity contribution in [3.63, 3.8) is 0 Å². The van der Waals surface area contributed by atoms with Crippen LogP contribution in [0.4, 0.5) is 5.69 Å². The molecule has 1 heterocycles. The van der Waals surface area contributed by atoms with Gasteiger partial charge in [0.15, 0.2) is 0 Å². The number of methoxy groups -OCH3 is 1. The summed E-state index contributed by atoms with van der Waals surface area (Å²) in [5.74, 6) is -0.375. The Kier molecular flexibility index (Phi) is 7.17. The Balaban J connectivity index is 2.42. The summed E-state index contributed by atoms with van der Waals surface area (Å²) < 4.78 is 4.83. The van der Waals surface area contributed by atoms with E-state index in [2.05, 4.69) is 20.9 Å². The fourth-order valence-corrected chi connectivity index (χ4v) is 1.71. The summed E-state index contributed by atoms with van der Waals surface area (Å²) >= 11 is 0. The molecule has 0 spiro atoms. The van der Waals surface area contributed by atoms with Gasteiger partial charge in [-0.05, 0) is 13.0 Å². The van der Waals surface area contributed by atoms with E-state index in [9.17, 15) is 9.59 Å². The molecule has 0 aliphatic rings. The van der Waals surface area contributed by atoms with Gasteiger partial charge >= 0.3 is 0 Å². The van der Waals surface area contributed by atoms with Gasteiger partial charge in [-0.3, -0.25) is 14.6 Å². The fourth-order valence-electron chi connectivity index (χ4n) is 1.71. The number of aromatic nitrogens is 1. The topological polar surface area (TPSA) is 92.4 Å². The van der Waals surface area contributed by atoms with E-state index in [-0.39, 0.29) is 24.8 Å². The zero-order valence-corrected chi connectivity index (χ0v) is 12.7. The highest BCUT2D eigenvalue weighted by atomic mass is 16.5. The van der Waals surface area contributed by atoms with Crippen LogP contribution in [0.15, 0.2) is 12.3 Å². The first-order valence-electron chi connectivity index (χ1n) is 6.76. The molecule has 1 aromatic rings. The molecule has 1 aromatic heterocycles. The van der Waals surface area contributed by atoms with E-state index in [1.807, 2.05) is 6.92 Å². The normalized spacial score (nSPS) is 10.0. The van der Waals surface area contributed by atoms with Crippen LogP contribution in [0.5, 0.6) is 0 Å². The Hall–Kier alpha value is -2.15. The maximum absolute atomic E-state index is 12.0. The van der Waals surface area contributed by atoms with Crippen LogP contribution >= 0.6 is 0 Å². The van der Waals surface area contributed by atoms with Crippen molar-refractivity contribution >= 4 is 17.5 Å². The van der Waals surface area contributed by atoms with Crippen LogP contribution in [0.3, 0.4) is 0 Å². The number of nitrogens with zero attached hydrogens (tertiary/aromatic N) is 1. The molecule has 0 aliphatic heterocycles. The first-order valence-corrected chi connectivity index (χ1v) is 6.76. The van der Waals surface area contributed by atoms with Gasteiger partial charge in [0, 0.05) is 45.6 Å². The number of hydrogen-bond donors (Lipinski definition) is 3. The van der Waals surface area contributed by atoms with Gasteiger partial charge in [-0.2, -0.15) is 0 Å². The third-order valence-electron chi connectivity index (χ3n) is 2.82. The number of amides is 2. The van der Waals surface area contributed by atoms with Crippen LogP contribution in [0, 0.1) is 6.92 Å². The molecule has 0 radical (unpaired) electrons. The first-order chi connectivity index (χ1) is 10.1. The molecular weight excluding hydrogens is 272 g/mol. The van der Waals surface area contributed by atoms with E-state index >= 15 is 0 Å². The molecule has 0 fully saturated rings. The van der Waals surface area contributed by atoms with Crippen molar-refractivity contribution in [2.45, 2.75) is 13.3 Å². The smallest absolute Gasteiger partial charge is 0.254 e. The monoisotopic (exact) mass is 294 g/mol. The number of carbonyl (C=O) groups is 2. The molecule has 0 saturated carbocycles. The van der Waals surface area contributed by atoms with E-state index in [0.717, 1.165) is 5.69 Å². The largest absolute Gasteiger partial charge is 0.387 e. The van der Waals surface area contributed by atoms with Gasteiger partial charge in [-0.25, -0.2) is 0 Å². The highest BCUT2D eigenvalue weighted by Gasteiger charge is 2.11. The molecule has 1 rings (SSSR count). The lowest BCUT2D eigenvalue weighted by Crippen LogP contribution is -2.32. The molecule has 0 unspecified atom stereocenters. The number of pyridine rings is 1. The third-order valence-corrected chi connectivity index (χ3v) is 2.82. The predicted molar refractivity (Wildman–Crippen MR) is 80.4 cm³/mol. The average molecular weight is 294 g/mol. The van der Waals surface area contributed by atoms with Gasteiger partial charge in [0.25, 0.3) is 5.91 Å². The number of anilines is 1. The number of hydrogen-bond acceptors (Lipinski definition) is 5. The highest BCUT2D eigenvalue weighted by molar-refractivity contribution is 5.99. The molecule has 7 nitrogen and oxygen atoms in total. The molecule has 21 heavy (non-hydrogen) atoms. The quantitative estimate of drug-likeness (QED) is 0.600. The summed E-state index contributed by atoms with van der Waals surface area (Å²) in [5, 5.41) is 8.35. The van der Waals surface area contributed by atoms with Gasteiger partial charge < -0.3 is 20.7 Å². The lowest BCUT2D eigenvalue weighted by molar-refractivity contribution is -0.121. The summed E-state index contributed by atoms with van der Waals surface area (Å²) in [6.07, 6.45) is 1.75. The molecule has 7 heteroatoms. The summed E-state index contributed by atoms with van der Waals surface area (Å²) in [6, 6.07) is 1.80. The number of ether oxygens (including phenoxy) is 1. The van der Waals surface area contributed by atoms with Crippen LogP contribution in [-0.2, 0) is 9.53 Å². The highest BCUT2D eigenvalue weighted by Crippen LogP contribution is 2.14. The van der Waals surface area contributed by atoms with Crippen LogP contribution in [-0.4, -0.2) is 50.7 Å². The van der Waals surface area contributed by atoms with Crippen LogP contribution in [0.2, 0.25) is 0 Å². The van der Waals surface area contributed by atoms with Crippen molar-refractivity contribution in [1.29, 1.82) is 0 Å². The van der Waals surface area contributed by atoms with E-state index in [1.165, 1.54) is 6.20 Å². The fraction of sp³-hybridized carbons (Fsp3) is 0.500. The standard InChI is InChI=1S/C14H22N4O3/c1-10-8-12(15-2)11(9-18-10)14(20)17-5-4-13(19)16-6-7-21-3/h8-9H,4-7H2,1-3H3,(H,15,18)(H,16,19)(H,17,20). The van der Waals surface area contributed by atoms with Crippen molar-refractivity contribution in [2.75, 3.05) is 39.2 Å². The van der Waals surface area contributed by atoms with Crippen molar-refractivity contribution < 1.29 is 14.3 Å². The van der Waals surface area contributed by atoms with Crippen molar-refractivity contribution in [3.05, 3.63) is 23.5 Å². The SMILES string of the molecule is CNc1cc(C)ncc1C(=O)NCCC(=O)NCCOC. The Labute approximate surface area is 124 Å². The van der Waals surface area contributed by atoms with Crippen molar-refractivity contribution in [3.8, 4) is 0 Å². The van der Waals surface area contributed by atoms with Crippen molar-refractivity contribution in [2.24, 2.45) is 0 Å². The van der Waals surface area contributed by atoms with Gasteiger partial charge in [-0.15, -0.1) is 0 Å². The number of carbonyl (C=O) groups excluding carboxylic acids is 2. The molecule has 0 bridgehead atoms. The van der Waals surface area contributed by atoms with Crippen LogP contribution < -0.4 is 16.0 Å². The Bertz CT molecular complexity index is 491. The Morgan fingerprint density at radius 3 is 2.71 bits per heavy atom. The molecule has 0 aromatic carbocycles. The number of nitrogens with one attached hydrogen (secondary N) is 3. The van der Waals surface area contributed by atoms with Crippen LogP contribution in [0.1, 0.15) is 22.5 Å². The van der Waals surface area contributed by atoms with Gasteiger partial charge in [0.1, 0.15) is 0 Å². The second-order valence-corrected chi connectivity index (χ2v) is 4.47. The minimum atomic E-state index is -0.253. The number of rotatable bonds is 8. The van der Waals surface area contributed by atoms with Crippen molar-refractivity contribution in [1.82, 2.24) is 15.6 Å². The minimum Gasteiger partial charge on any atom is -0.387 e. The summed E-state index contributed by atoms with van der Waals surface area (Å²) in [4.78, 5) is 27.6. The van der Waals surface area contributed by atoms with Crippen LogP contribution in [0.25, 0.3) is 0 Å². The summed E-state index contributed by atoms with van der Waals surface area (Å²) in [7, 11) is 3.32. The molecular formula is C14H22N4O3. The summed E-state index contributed by atoms with van der Waals surface area (Å²) in [6.45, 7) is 3.06. The molecule has 0 saturated heterocycles. The third kappa shape index (κ3) is 5.78. The van der Waals surface area contributed by atoms with E-state index in [0.29, 0.717) is 24.4 Å². The number of aryl methyl sites for hydroxylation is 1.